The number of carbonyl (C=O) groups excluding carboxylic acids is 1. The lowest BCUT2D eigenvalue weighted by Gasteiger charge is -2.42. The molecule has 0 aromatic heterocycles. The molecule has 4 heteroatoms. The van der Waals surface area contributed by atoms with Gasteiger partial charge in [-0.25, -0.2) is 0 Å². The summed E-state index contributed by atoms with van der Waals surface area (Å²) in [6, 6.07) is 0. The molecular formula is C13H22ClNO2. The first-order valence-corrected chi connectivity index (χ1v) is 6.97. The van der Waals surface area contributed by atoms with E-state index >= 15 is 0 Å². The highest BCUT2D eigenvalue weighted by Gasteiger charge is 2.40. The molecule has 1 amide bonds. The summed E-state index contributed by atoms with van der Waals surface area (Å²) >= 11 is 6.17. The lowest BCUT2D eigenvalue weighted by Crippen LogP contribution is -2.48. The number of rotatable bonds is 3. The van der Waals surface area contributed by atoms with Gasteiger partial charge in [0.15, 0.2) is 0 Å². The van der Waals surface area contributed by atoms with Gasteiger partial charge in [-0.3, -0.25) is 4.79 Å². The molecule has 0 spiro atoms. The van der Waals surface area contributed by atoms with Gasteiger partial charge in [0.25, 0.3) is 0 Å². The van der Waals surface area contributed by atoms with Crippen molar-refractivity contribution in [2.75, 3.05) is 20.2 Å². The Hall–Kier alpha value is -0.280. The van der Waals surface area contributed by atoms with Crippen molar-refractivity contribution in [2.24, 2.45) is 5.92 Å². The summed E-state index contributed by atoms with van der Waals surface area (Å²) < 4.78 is 5.51. The van der Waals surface area contributed by atoms with Crippen molar-refractivity contribution in [3.63, 3.8) is 0 Å². The summed E-state index contributed by atoms with van der Waals surface area (Å²) in [7, 11) is 1.72. The zero-order valence-corrected chi connectivity index (χ0v) is 11.5. The standard InChI is InChI=1S/C13H22ClNO2/c1-10-9-15(7-4-11(10)14)12(16)8-13(17-2)5-3-6-13/h10-11H,3-9H2,1-2H3. The highest BCUT2D eigenvalue weighted by molar-refractivity contribution is 6.20. The third-order valence-corrected chi connectivity index (χ3v) is 4.97. The maximum atomic E-state index is 12.2. The second kappa shape index (κ2) is 5.15. The number of hydrogen-bond acceptors (Lipinski definition) is 2. The van der Waals surface area contributed by atoms with E-state index in [9.17, 15) is 4.79 Å². The molecule has 0 radical (unpaired) electrons. The van der Waals surface area contributed by atoms with Crippen LogP contribution in [0.15, 0.2) is 0 Å². The van der Waals surface area contributed by atoms with Gasteiger partial charge in [0.05, 0.1) is 12.0 Å². The lowest BCUT2D eigenvalue weighted by atomic mass is 9.77. The molecule has 3 nitrogen and oxygen atoms in total. The summed E-state index contributed by atoms with van der Waals surface area (Å²) in [5.41, 5.74) is -0.155. The number of amides is 1. The number of alkyl halides is 1. The van der Waals surface area contributed by atoms with Crippen LogP contribution in [-0.4, -0.2) is 42.0 Å². The number of piperidine rings is 1. The normalized spacial score (nSPS) is 32.1. The first-order chi connectivity index (χ1) is 8.06. The van der Waals surface area contributed by atoms with Crippen molar-refractivity contribution in [2.45, 2.75) is 50.0 Å². The number of halogens is 1. The van der Waals surface area contributed by atoms with Crippen LogP contribution in [0.3, 0.4) is 0 Å². The van der Waals surface area contributed by atoms with Crippen molar-refractivity contribution < 1.29 is 9.53 Å². The molecule has 0 N–H and O–H groups in total. The van der Waals surface area contributed by atoms with E-state index in [0.717, 1.165) is 32.4 Å². The first kappa shape index (κ1) is 13.2. The Morgan fingerprint density at radius 1 is 1.53 bits per heavy atom. The average Bonchev–Trinajstić information content (AvgIpc) is 2.27. The molecule has 1 aliphatic heterocycles. The Morgan fingerprint density at radius 2 is 2.24 bits per heavy atom. The van der Waals surface area contributed by atoms with E-state index in [2.05, 4.69) is 6.92 Å². The second-order valence-electron chi connectivity index (χ2n) is 5.54. The number of carbonyl (C=O) groups is 1. The summed E-state index contributed by atoms with van der Waals surface area (Å²) in [4.78, 5) is 14.2. The Morgan fingerprint density at radius 3 is 2.71 bits per heavy atom. The van der Waals surface area contributed by atoms with Crippen molar-refractivity contribution in [1.82, 2.24) is 4.90 Å². The van der Waals surface area contributed by atoms with Crippen LogP contribution in [0, 0.1) is 5.92 Å². The van der Waals surface area contributed by atoms with E-state index in [1.54, 1.807) is 7.11 Å². The fourth-order valence-corrected chi connectivity index (χ4v) is 2.93. The molecular weight excluding hydrogens is 238 g/mol. The molecule has 0 bridgehead atoms. The molecule has 1 saturated heterocycles. The zero-order valence-electron chi connectivity index (χ0n) is 10.7. The van der Waals surface area contributed by atoms with Gasteiger partial charge >= 0.3 is 0 Å². The third-order valence-electron chi connectivity index (χ3n) is 4.32. The molecule has 1 heterocycles. The highest BCUT2D eigenvalue weighted by atomic mass is 35.5. The SMILES string of the molecule is COC1(CC(=O)N2CCC(Cl)C(C)C2)CCC1. The lowest BCUT2D eigenvalue weighted by molar-refractivity contribution is -0.145. The summed E-state index contributed by atoms with van der Waals surface area (Å²) in [5, 5.41) is 0.221. The van der Waals surface area contributed by atoms with E-state index in [-0.39, 0.29) is 16.9 Å². The largest absolute Gasteiger partial charge is 0.378 e. The van der Waals surface area contributed by atoms with E-state index in [1.807, 2.05) is 4.90 Å². The minimum Gasteiger partial charge on any atom is -0.378 e. The highest BCUT2D eigenvalue weighted by Crippen LogP contribution is 2.38. The predicted molar refractivity (Wildman–Crippen MR) is 68.2 cm³/mol. The molecule has 1 saturated carbocycles. The van der Waals surface area contributed by atoms with Crippen LogP contribution >= 0.6 is 11.6 Å². The van der Waals surface area contributed by atoms with Gasteiger partial charge in [-0.15, -0.1) is 11.6 Å². The summed E-state index contributed by atoms with van der Waals surface area (Å²) in [6.45, 7) is 3.72. The van der Waals surface area contributed by atoms with E-state index in [4.69, 9.17) is 16.3 Å². The van der Waals surface area contributed by atoms with Gasteiger partial charge in [-0.05, 0) is 31.6 Å². The van der Waals surface area contributed by atoms with E-state index < -0.39 is 0 Å². The van der Waals surface area contributed by atoms with Gasteiger partial charge in [0.2, 0.25) is 5.91 Å². The minimum absolute atomic E-state index is 0.155. The van der Waals surface area contributed by atoms with Gasteiger partial charge in [-0.1, -0.05) is 6.92 Å². The summed E-state index contributed by atoms with van der Waals surface area (Å²) in [6.07, 6.45) is 4.69. The molecule has 17 heavy (non-hydrogen) atoms. The number of ether oxygens (including phenoxy) is 1. The number of methoxy groups -OCH3 is 1. The van der Waals surface area contributed by atoms with Gasteiger partial charge in [0, 0.05) is 25.6 Å². The molecule has 2 rings (SSSR count). The average molecular weight is 260 g/mol. The van der Waals surface area contributed by atoms with Crippen LogP contribution in [0.2, 0.25) is 0 Å². The van der Waals surface area contributed by atoms with Crippen LogP contribution in [0.25, 0.3) is 0 Å². The maximum absolute atomic E-state index is 12.2. The van der Waals surface area contributed by atoms with Crippen LogP contribution in [0.4, 0.5) is 0 Å². The second-order valence-corrected chi connectivity index (χ2v) is 6.10. The van der Waals surface area contributed by atoms with Crippen molar-refractivity contribution in [1.29, 1.82) is 0 Å². The minimum atomic E-state index is -0.155. The molecule has 0 aromatic rings. The third kappa shape index (κ3) is 2.76. The zero-order chi connectivity index (χ0) is 12.5. The Balaban J connectivity index is 1.88. The van der Waals surface area contributed by atoms with Gasteiger partial charge in [-0.2, -0.15) is 0 Å². The van der Waals surface area contributed by atoms with Crippen LogP contribution in [-0.2, 0) is 9.53 Å². The molecule has 2 fully saturated rings. The number of hydrogen-bond donors (Lipinski definition) is 0. The first-order valence-electron chi connectivity index (χ1n) is 6.53. The maximum Gasteiger partial charge on any atom is 0.225 e. The Labute approximate surface area is 108 Å². The fraction of sp³-hybridized carbons (Fsp3) is 0.923. The van der Waals surface area contributed by atoms with Crippen LogP contribution in [0.5, 0.6) is 0 Å². The van der Waals surface area contributed by atoms with Crippen molar-refractivity contribution >= 4 is 17.5 Å². The van der Waals surface area contributed by atoms with Gasteiger partial charge in [0.1, 0.15) is 0 Å². The summed E-state index contributed by atoms with van der Waals surface area (Å²) in [5.74, 6) is 0.635. The molecule has 2 atom stereocenters. The Kier molecular flexibility index (Phi) is 3.99. The molecule has 2 unspecified atom stereocenters. The van der Waals surface area contributed by atoms with Crippen LogP contribution < -0.4 is 0 Å². The van der Waals surface area contributed by atoms with E-state index in [1.165, 1.54) is 6.42 Å². The fourth-order valence-electron chi connectivity index (χ4n) is 2.76. The quantitative estimate of drug-likeness (QED) is 0.729. The smallest absolute Gasteiger partial charge is 0.225 e. The Bertz CT molecular complexity index is 286. The molecule has 0 aromatic carbocycles. The monoisotopic (exact) mass is 259 g/mol. The predicted octanol–water partition coefficient (Wildman–Crippen LogP) is 2.42. The topological polar surface area (TPSA) is 29.5 Å². The molecule has 1 aliphatic carbocycles. The molecule has 98 valence electrons. The number of likely N-dealkylation sites (tertiary alicyclic amines) is 1. The van der Waals surface area contributed by atoms with Crippen molar-refractivity contribution in [3.05, 3.63) is 0 Å². The van der Waals surface area contributed by atoms with Crippen LogP contribution in [0.1, 0.15) is 39.0 Å². The van der Waals surface area contributed by atoms with Crippen molar-refractivity contribution in [3.8, 4) is 0 Å². The van der Waals surface area contributed by atoms with Gasteiger partial charge < -0.3 is 9.64 Å². The van der Waals surface area contributed by atoms with E-state index in [0.29, 0.717) is 12.3 Å². The number of nitrogens with zero attached hydrogens (tertiary/aromatic N) is 1. The molecule has 2 aliphatic rings.